The first kappa shape index (κ1) is 24.3. The normalized spacial score (nSPS) is 17.4. The number of carbonyl (C=O) groups excluding carboxylic acids is 2. The van der Waals surface area contributed by atoms with Crippen LogP contribution in [0.15, 0.2) is 24.3 Å². The highest BCUT2D eigenvalue weighted by atomic mass is 32.2. The summed E-state index contributed by atoms with van der Waals surface area (Å²) in [5.41, 5.74) is 0.670. The van der Waals surface area contributed by atoms with Gasteiger partial charge in [0.1, 0.15) is 11.6 Å². The lowest BCUT2D eigenvalue weighted by atomic mass is 9.95. The van der Waals surface area contributed by atoms with Gasteiger partial charge >= 0.3 is 0 Å². The van der Waals surface area contributed by atoms with Crippen LogP contribution in [-0.4, -0.2) is 78.6 Å². The standard InChI is InChI=1S/C20H22N2O8S/c1-30-20(12-31(28,29)13-20)17(19(26)22-27)21-18(25)15-9-7-14(8-10-15)5-3-2-4-6-16(24)11-23/h7-10,16-17,23-24,27H,6,11-13H2,1H3,(H,21,25)(H,22,26). The number of carbonyl (C=O) groups is 2. The Morgan fingerprint density at radius 2 is 1.87 bits per heavy atom. The molecule has 2 atom stereocenters. The predicted molar refractivity (Wildman–Crippen MR) is 108 cm³/mol. The molecule has 2 amide bonds. The molecule has 5 N–H and O–H groups in total. The number of hydrogen-bond acceptors (Lipinski definition) is 8. The van der Waals surface area contributed by atoms with Crippen molar-refractivity contribution >= 4 is 21.7 Å². The van der Waals surface area contributed by atoms with Gasteiger partial charge in [-0.25, -0.2) is 13.9 Å². The van der Waals surface area contributed by atoms with Gasteiger partial charge < -0.3 is 20.3 Å². The SMILES string of the molecule is COC1(C(NC(=O)c2ccc(C#CC#CCC(O)CO)cc2)C(=O)NO)CS(=O)(=O)C1. The lowest BCUT2D eigenvalue weighted by molar-refractivity contribution is -0.138. The molecule has 0 aromatic heterocycles. The number of rotatable bonds is 7. The molecule has 1 aliphatic heterocycles. The minimum atomic E-state index is -3.40. The van der Waals surface area contributed by atoms with Crippen LogP contribution in [0.5, 0.6) is 0 Å². The summed E-state index contributed by atoms with van der Waals surface area (Å²) < 4.78 is 28.4. The zero-order valence-electron chi connectivity index (χ0n) is 16.6. The van der Waals surface area contributed by atoms with Crippen LogP contribution >= 0.6 is 0 Å². The van der Waals surface area contributed by atoms with E-state index in [0.717, 1.165) is 0 Å². The summed E-state index contributed by atoms with van der Waals surface area (Å²) in [5, 5.41) is 29.2. The van der Waals surface area contributed by atoms with Crippen LogP contribution in [0, 0.1) is 23.7 Å². The number of ether oxygens (including phenoxy) is 1. The quantitative estimate of drug-likeness (QED) is 0.185. The van der Waals surface area contributed by atoms with E-state index in [4.69, 9.17) is 20.2 Å². The molecular weight excluding hydrogens is 428 g/mol. The third-order valence-corrected chi connectivity index (χ3v) is 6.42. The molecule has 1 fully saturated rings. The molecule has 0 saturated carbocycles. The maximum atomic E-state index is 12.6. The highest BCUT2D eigenvalue weighted by Crippen LogP contribution is 2.31. The van der Waals surface area contributed by atoms with Gasteiger partial charge in [0.05, 0.1) is 24.2 Å². The third-order valence-electron chi connectivity index (χ3n) is 4.56. The van der Waals surface area contributed by atoms with Crippen LogP contribution in [0.25, 0.3) is 0 Å². The minimum absolute atomic E-state index is 0.0944. The van der Waals surface area contributed by atoms with Gasteiger partial charge in [-0.15, -0.1) is 0 Å². The highest BCUT2D eigenvalue weighted by molar-refractivity contribution is 7.93. The number of aliphatic hydroxyl groups is 2. The molecule has 0 bridgehead atoms. The van der Waals surface area contributed by atoms with Gasteiger partial charge in [0.25, 0.3) is 11.8 Å². The number of hydroxylamine groups is 1. The Kier molecular flexibility index (Phi) is 8.16. The predicted octanol–water partition coefficient (Wildman–Crippen LogP) is -1.80. The van der Waals surface area contributed by atoms with Crippen LogP contribution in [0.1, 0.15) is 22.3 Å². The molecule has 0 aliphatic carbocycles. The summed E-state index contributed by atoms with van der Waals surface area (Å²) in [6.07, 6.45) is -0.821. The number of hydrogen-bond donors (Lipinski definition) is 5. The topological polar surface area (TPSA) is 162 Å². The zero-order valence-corrected chi connectivity index (χ0v) is 17.4. The van der Waals surface area contributed by atoms with Gasteiger partial charge in [0.2, 0.25) is 0 Å². The lowest BCUT2D eigenvalue weighted by Crippen LogP contribution is -2.71. The lowest BCUT2D eigenvalue weighted by Gasteiger charge is -2.44. The molecule has 1 aromatic carbocycles. The Morgan fingerprint density at radius 1 is 1.23 bits per heavy atom. The van der Waals surface area contributed by atoms with Gasteiger partial charge in [0, 0.05) is 24.7 Å². The number of amides is 2. The summed E-state index contributed by atoms with van der Waals surface area (Å²) in [6, 6.07) is 4.57. The van der Waals surface area contributed by atoms with E-state index in [1.165, 1.54) is 24.7 Å². The van der Waals surface area contributed by atoms with E-state index in [0.29, 0.717) is 5.56 Å². The van der Waals surface area contributed by atoms with E-state index in [1.54, 1.807) is 12.1 Å². The average molecular weight is 450 g/mol. The molecule has 1 aromatic rings. The van der Waals surface area contributed by atoms with Crippen LogP contribution in [-0.2, 0) is 19.4 Å². The number of aliphatic hydroxyl groups excluding tert-OH is 2. The van der Waals surface area contributed by atoms with Gasteiger partial charge in [0.15, 0.2) is 9.84 Å². The fraction of sp³-hybridized carbons (Fsp3) is 0.400. The molecule has 166 valence electrons. The van der Waals surface area contributed by atoms with Crippen molar-refractivity contribution in [1.82, 2.24) is 10.8 Å². The molecule has 10 nitrogen and oxygen atoms in total. The second kappa shape index (κ2) is 10.4. The van der Waals surface area contributed by atoms with Gasteiger partial charge in [-0.1, -0.05) is 11.8 Å². The molecule has 1 heterocycles. The fourth-order valence-electron chi connectivity index (χ4n) is 2.91. The molecule has 31 heavy (non-hydrogen) atoms. The van der Waals surface area contributed by atoms with Crippen molar-refractivity contribution in [3.8, 4) is 23.7 Å². The molecular formula is C20H22N2O8S. The molecule has 0 spiro atoms. The van der Waals surface area contributed by atoms with Crippen LogP contribution in [0.4, 0.5) is 0 Å². The molecule has 0 radical (unpaired) electrons. The third kappa shape index (κ3) is 6.28. The van der Waals surface area contributed by atoms with Crippen molar-refractivity contribution in [2.45, 2.75) is 24.2 Å². The maximum Gasteiger partial charge on any atom is 0.268 e. The first-order valence-corrected chi connectivity index (χ1v) is 10.9. The Labute approximate surface area is 179 Å². The molecule has 11 heteroatoms. The Bertz CT molecular complexity index is 1030. The zero-order chi connectivity index (χ0) is 23.1. The van der Waals surface area contributed by atoms with Crippen molar-refractivity contribution < 1.29 is 38.2 Å². The number of nitrogens with one attached hydrogen (secondary N) is 2. The molecule has 1 saturated heterocycles. The smallest absolute Gasteiger partial charge is 0.268 e. The minimum Gasteiger partial charge on any atom is -0.394 e. The Morgan fingerprint density at radius 3 is 2.39 bits per heavy atom. The summed E-state index contributed by atoms with van der Waals surface area (Å²) in [5.74, 6) is 7.83. The second-order valence-corrected chi connectivity index (χ2v) is 8.92. The van der Waals surface area contributed by atoms with E-state index in [-0.39, 0.29) is 18.6 Å². The molecule has 2 unspecified atom stereocenters. The van der Waals surface area contributed by atoms with Crippen molar-refractivity contribution in [2.24, 2.45) is 0 Å². The van der Waals surface area contributed by atoms with Gasteiger partial charge in [-0.05, 0) is 36.1 Å². The van der Waals surface area contributed by atoms with Crippen LogP contribution in [0.3, 0.4) is 0 Å². The highest BCUT2D eigenvalue weighted by Gasteiger charge is 2.57. The summed E-state index contributed by atoms with van der Waals surface area (Å²) in [6.45, 7) is -0.381. The van der Waals surface area contributed by atoms with Crippen molar-refractivity contribution in [1.29, 1.82) is 0 Å². The maximum absolute atomic E-state index is 12.6. The monoisotopic (exact) mass is 450 g/mol. The van der Waals surface area contributed by atoms with E-state index in [9.17, 15) is 18.0 Å². The molecule has 1 aliphatic rings. The Balaban J connectivity index is 2.09. The van der Waals surface area contributed by atoms with E-state index in [1.807, 2.05) is 0 Å². The van der Waals surface area contributed by atoms with Crippen molar-refractivity contribution in [3.63, 3.8) is 0 Å². The van der Waals surface area contributed by atoms with Crippen molar-refractivity contribution in [2.75, 3.05) is 25.2 Å². The fourth-order valence-corrected chi connectivity index (χ4v) is 4.88. The summed E-state index contributed by atoms with van der Waals surface area (Å²) >= 11 is 0. The largest absolute Gasteiger partial charge is 0.394 e. The van der Waals surface area contributed by atoms with Gasteiger partial charge in [-0.2, -0.15) is 0 Å². The first-order valence-electron chi connectivity index (χ1n) is 9.04. The molecule has 2 rings (SSSR count). The second-order valence-electron chi connectivity index (χ2n) is 6.85. The number of methoxy groups -OCH3 is 1. The number of benzene rings is 1. The van der Waals surface area contributed by atoms with Crippen LogP contribution < -0.4 is 10.8 Å². The number of sulfone groups is 1. The summed E-state index contributed by atoms with van der Waals surface area (Å²) in [7, 11) is -2.18. The van der Waals surface area contributed by atoms with Crippen LogP contribution in [0.2, 0.25) is 0 Å². The van der Waals surface area contributed by atoms with Crippen molar-refractivity contribution in [3.05, 3.63) is 35.4 Å². The van der Waals surface area contributed by atoms with E-state index >= 15 is 0 Å². The summed E-state index contributed by atoms with van der Waals surface area (Å²) in [4.78, 5) is 24.6. The van der Waals surface area contributed by atoms with E-state index < -0.39 is 50.9 Å². The van der Waals surface area contributed by atoms with Gasteiger partial charge in [-0.3, -0.25) is 14.8 Å². The Hall–Kier alpha value is -2.93. The van der Waals surface area contributed by atoms with E-state index in [2.05, 4.69) is 29.0 Å². The first-order chi connectivity index (χ1) is 14.7. The average Bonchev–Trinajstić information content (AvgIpc) is 2.74.